The van der Waals surface area contributed by atoms with Crippen LogP contribution in [0.3, 0.4) is 0 Å². The minimum Gasteiger partial charge on any atom is -0.457 e. The van der Waals surface area contributed by atoms with E-state index in [2.05, 4.69) is 4.72 Å². The van der Waals surface area contributed by atoms with Gasteiger partial charge < -0.3 is 4.74 Å². The van der Waals surface area contributed by atoms with Crippen LogP contribution in [0.4, 0.5) is 0 Å². The van der Waals surface area contributed by atoms with Gasteiger partial charge in [-0.05, 0) is 48.4 Å². The van der Waals surface area contributed by atoms with Crippen LogP contribution in [0.25, 0.3) is 0 Å². The molecule has 0 spiro atoms. The molecule has 10 heteroatoms. The van der Waals surface area contributed by atoms with Gasteiger partial charge in [0.05, 0.1) is 22.0 Å². The van der Waals surface area contributed by atoms with Crippen LogP contribution >= 0.6 is 11.6 Å². The highest BCUT2D eigenvalue weighted by atomic mass is 35.5. The number of esters is 1. The third kappa shape index (κ3) is 5.32. The Morgan fingerprint density at radius 3 is 2.50 bits per heavy atom. The predicted molar refractivity (Wildman–Crippen MR) is 104 cm³/mol. The minimum absolute atomic E-state index is 0.0302. The molecule has 1 aliphatic rings. The highest BCUT2D eigenvalue weighted by Gasteiger charge is 2.31. The van der Waals surface area contributed by atoms with Crippen molar-refractivity contribution in [2.75, 3.05) is 11.5 Å². The lowest BCUT2D eigenvalue weighted by Crippen LogP contribution is -2.35. The number of benzene rings is 2. The van der Waals surface area contributed by atoms with Crippen molar-refractivity contribution in [3.05, 3.63) is 64.7 Å². The average Bonchev–Trinajstić information content (AvgIpc) is 2.97. The van der Waals surface area contributed by atoms with Gasteiger partial charge in [0.25, 0.3) is 0 Å². The first kappa shape index (κ1) is 20.8. The Hall–Kier alpha value is -1.94. The third-order valence-electron chi connectivity index (χ3n) is 4.21. The summed E-state index contributed by atoms with van der Waals surface area (Å²) < 4.78 is 55.3. The molecule has 2 aromatic carbocycles. The summed E-state index contributed by atoms with van der Waals surface area (Å²) >= 11 is 5.88. The van der Waals surface area contributed by atoms with Crippen molar-refractivity contribution in [2.24, 2.45) is 0 Å². The minimum atomic E-state index is -3.88. The first-order chi connectivity index (χ1) is 13.1. The van der Waals surface area contributed by atoms with E-state index in [1.807, 2.05) is 0 Å². The van der Waals surface area contributed by atoms with Crippen molar-refractivity contribution in [3.63, 3.8) is 0 Å². The molecule has 0 radical (unpaired) electrons. The summed E-state index contributed by atoms with van der Waals surface area (Å²) in [4.78, 5) is 12.1. The molecule has 0 aliphatic carbocycles. The van der Waals surface area contributed by atoms with Crippen LogP contribution in [0.15, 0.2) is 53.4 Å². The number of sulfone groups is 1. The highest BCUT2D eigenvalue weighted by molar-refractivity contribution is 7.92. The SMILES string of the molecule is O=C(OCc1cccc(Cl)c1)c1ccc(S(=O)(=O)NC2CCS(=O)(=O)C2)cc1. The summed E-state index contributed by atoms with van der Waals surface area (Å²) in [5.74, 6) is -0.837. The van der Waals surface area contributed by atoms with Crippen LogP contribution in [-0.4, -0.2) is 40.4 Å². The van der Waals surface area contributed by atoms with Gasteiger partial charge in [0.15, 0.2) is 9.84 Å². The van der Waals surface area contributed by atoms with E-state index in [0.29, 0.717) is 5.02 Å². The van der Waals surface area contributed by atoms with Crippen LogP contribution in [0.1, 0.15) is 22.3 Å². The summed E-state index contributed by atoms with van der Waals surface area (Å²) in [5.41, 5.74) is 0.931. The van der Waals surface area contributed by atoms with Gasteiger partial charge in [-0.2, -0.15) is 0 Å². The zero-order chi connectivity index (χ0) is 20.4. The number of rotatable bonds is 6. The molecule has 1 atom stereocenters. The quantitative estimate of drug-likeness (QED) is 0.685. The van der Waals surface area contributed by atoms with E-state index in [-0.39, 0.29) is 35.0 Å². The Morgan fingerprint density at radius 2 is 1.89 bits per heavy atom. The molecule has 1 heterocycles. The van der Waals surface area contributed by atoms with Crippen LogP contribution < -0.4 is 4.72 Å². The Balaban J connectivity index is 1.63. The van der Waals surface area contributed by atoms with E-state index in [9.17, 15) is 21.6 Å². The molecule has 0 saturated carbocycles. The lowest BCUT2D eigenvalue weighted by Gasteiger charge is -2.12. The lowest BCUT2D eigenvalue weighted by atomic mass is 10.2. The van der Waals surface area contributed by atoms with Gasteiger partial charge >= 0.3 is 5.97 Å². The molecule has 7 nitrogen and oxygen atoms in total. The second-order valence-electron chi connectivity index (χ2n) is 6.45. The average molecular weight is 444 g/mol. The fourth-order valence-corrected chi connectivity index (χ4v) is 6.07. The summed E-state index contributed by atoms with van der Waals surface area (Å²) in [6, 6.07) is 11.5. The van der Waals surface area contributed by atoms with Gasteiger partial charge in [0.2, 0.25) is 10.0 Å². The number of carbonyl (C=O) groups excluding carboxylic acids is 1. The second-order valence-corrected chi connectivity index (χ2v) is 10.8. The number of hydrogen-bond donors (Lipinski definition) is 1. The standard InChI is InChI=1S/C18H18ClNO6S2/c19-15-3-1-2-13(10-15)11-26-18(21)14-4-6-17(7-5-14)28(24,25)20-16-8-9-27(22,23)12-16/h1-7,10,16,20H,8-9,11-12H2. The van der Waals surface area contributed by atoms with E-state index < -0.39 is 31.9 Å². The zero-order valence-corrected chi connectivity index (χ0v) is 17.1. The van der Waals surface area contributed by atoms with E-state index >= 15 is 0 Å². The third-order valence-corrected chi connectivity index (χ3v) is 7.75. The Kier molecular flexibility index (Phi) is 6.09. The maximum atomic E-state index is 12.4. The number of halogens is 1. The molecule has 2 aromatic rings. The van der Waals surface area contributed by atoms with E-state index in [0.717, 1.165) is 5.56 Å². The van der Waals surface area contributed by atoms with Gasteiger partial charge in [0.1, 0.15) is 6.61 Å². The van der Waals surface area contributed by atoms with Gasteiger partial charge in [-0.1, -0.05) is 23.7 Å². The van der Waals surface area contributed by atoms with Crippen LogP contribution in [0, 0.1) is 0 Å². The number of ether oxygens (including phenoxy) is 1. The fourth-order valence-electron chi connectivity index (χ4n) is 2.80. The Morgan fingerprint density at radius 1 is 1.18 bits per heavy atom. The summed E-state index contributed by atoms with van der Waals surface area (Å²) in [5, 5.41) is 0.533. The zero-order valence-electron chi connectivity index (χ0n) is 14.7. The number of nitrogens with one attached hydrogen (secondary N) is 1. The maximum absolute atomic E-state index is 12.4. The Labute approximate surface area is 168 Å². The second kappa shape index (κ2) is 8.20. The molecule has 1 saturated heterocycles. The molecule has 1 aliphatic heterocycles. The molecular weight excluding hydrogens is 426 g/mol. The molecule has 0 aromatic heterocycles. The van der Waals surface area contributed by atoms with Crippen molar-refractivity contribution in [3.8, 4) is 0 Å². The Bertz CT molecular complexity index is 1080. The maximum Gasteiger partial charge on any atom is 0.338 e. The van der Waals surface area contributed by atoms with Gasteiger partial charge in [-0.25, -0.2) is 26.4 Å². The van der Waals surface area contributed by atoms with Crippen molar-refractivity contribution in [1.29, 1.82) is 0 Å². The largest absolute Gasteiger partial charge is 0.457 e. The monoisotopic (exact) mass is 443 g/mol. The van der Waals surface area contributed by atoms with Crippen LogP contribution in [0.5, 0.6) is 0 Å². The number of sulfonamides is 1. The number of carbonyl (C=O) groups is 1. The van der Waals surface area contributed by atoms with Gasteiger partial charge in [-0.15, -0.1) is 0 Å². The number of hydrogen-bond acceptors (Lipinski definition) is 6. The van der Waals surface area contributed by atoms with Gasteiger partial charge in [-0.3, -0.25) is 0 Å². The lowest BCUT2D eigenvalue weighted by molar-refractivity contribution is 0.0472. The van der Waals surface area contributed by atoms with Crippen LogP contribution in [0.2, 0.25) is 5.02 Å². The first-order valence-corrected chi connectivity index (χ1v) is 12.1. The van der Waals surface area contributed by atoms with Crippen molar-refractivity contribution >= 4 is 37.4 Å². The van der Waals surface area contributed by atoms with E-state index in [4.69, 9.17) is 16.3 Å². The molecule has 1 unspecified atom stereocenters. The van der Waals surface area contributed by atoms with Crippen molar-refractivity contribution in [2.45, 2.75) is 24.0 Å². The molecule has 28 heavy (non-hydrogen) atoms. The van der Waals surface area contributed by atoms with Gasteiger partial charge in [0, 0.05) is 11.1 Å². The molecule has 1 N–H and O–H groups in total. The van der Waals surface area contributed by atoms with E-state index in [1.165, 1.54) is 24.3 Å². The fraction of sp³-hybridized carbons (Fsp3) is 0.278. The first-order valence-electron chi connectivity index (χ1n) is 8.39. The molecule has 1 fully saturated rings. The van der Waals surface area contributed by atoms with Crippen LogP contribution in [-0.2, 0) is 31.2 Å². The highest BCUT2D eigenvalue weighted by Crippen LogP contribution is 2.17. The normalized spacial score (nSPS) is 18.7. The van der Waals surface area contributed by atoms with E-state index in [1.54, 1.807) is 24.3 Å². The summed E-state index contributed by atoms with van der Waals surface area (Å²) in [6.07, 6.45) is 0.246. The molecule has 0 bridgehead atoms. The molecule has 3 rings (SSSR count). The molecule has 0 amide bonds. The molecule has 150 valence electrons. The predicted octanol–water partition coefficient (Wildman–Crippen LogP) is 2.16. The topological polar surface area (TPSA) is 107 Å². The smallest absolute Gasteiger partial charge is 0.338 e. The van der Waals surface area contributed by atoms with Crippen molar-refractivity contribution in [1.82, 2.24) is 4.72 Å². The van der Waals surface area contributed by atoms with Crippen molar-refractivity contribution < 1.29 is 26.4 Å². The molecular formula is C18H18ClNO6S2. The summed E-state index contributed by atoms with van der Waals surface area (Å²) in [6.45, 7) is 0.0388. The summed E-state index contributed by atoms with van der Waals surface area (Å²) in [7, 11) is -7.07.